The Hall–Kier alpha value is -7.83. The molecular formula is C51H32N4O2. The van der Waals surface area contributed by atoms with E-state index in [4.69, 9.17) is 23.8 Å². The van der Waals surface area contributed by atoms with Crippen molar-refractivity contribution < 1.29 is 8.83 Å². The minimum absolute atomic E-state index is 0.590. The molecule has 0 radical (unpaired) electrons. The number of rotatable bonds is 7. The van der Waals surface area contributed by atoms with Gasteiger partial charge in [0.25, 0.3) is 0 Å². The Kier molecular flexibility index (Phi) is 7.71. The van der Waals surface area contributed by atoms with Gasteiger partial charge in [0.05, 0.1) is 11.1 Å². The molecule has 0 aliphatic rings. The van der Waals surface area contributed by atoms with Gasteiger partial charge in [-0.1, -0.05) is 127 Å². The Morgan fingerprint density at radius 1 is 0.316 bits per heavy atom. The van der Waals surface area contributed by atoms with E-state index in [-0.39, 0.29) is 0 Å². The number of fused-ring (bicyclic) bond motifs is 6. The van der Waals surface area contributed by atoms with E-state index in [0.717, 1.165) is 88.8 Å². The van der Waals surface area contributed by atoms with Crippen molar-refractivity contribution in [2.45, 2.75) is 0 Å². The number of aromatic nitrogens is 3. The van der Waals surface area contributed by atoms with E-state index in [1.165, 1.54) is 0 Å². The fourth-order valence-electron chi connectivity index (χ4n) is 7.78. The first kappa shape index (κ1) is 32.6. The molecule has 3 heterocycles. The molecule has 0 amide bonds. The summed E-state index contributed by atoms with van der Waals surface area (Å²) in [6, 6.07) is 66.3. The lowest BCUT2D eigenvalue weighted by atomic mass is 10.0. The van der Waals surface area contributed by atoms with Crippen LogP contribution in [0.4, 0.5) is 17.1 Å². The van der Waals surface area contributed by atoms with Gasteiger partial charge in [0.1, 0.15) is 22.3 Å². The molecule has 0 atom stereocenters. The Balaban J connectivity index is 0.960. The first-order valence-corrected chi connectivity index (χ1v) is 18.9. The average molecular weight is 733 g/mol. The third kappa shape index (κ3) is 5.79. The van der Waals surface area contributed by atoms with Gasteiger partial charge in [0.15, 0.2) is 17.5 Å². The molecule has 3 aromatic heterocycles. The molecule has 0 saturated heterocycles. The molecule has 268 valence electrons. The second-order valence-corrected chi connectivity index (χ2v) is 14.0. The first-order valence-electron chi connectivity index (χ1n) is 18.9. The second-order valence-electron chi connectivity index (χ2n) is 14.0. The Labute approximate surface area is 328 Å². The summed E-state index contributed by atoms with van der Waals surface area (Å²) in [5.74, 6) is 1.84. The van der Waals surface area contributed by atoms with Crippen molar-refractivity contribution in [1.82, 2.24) is 15.0 Å². The molecule has 11 aromatic rings. The molecule has 0 spiro atoms. The lowest BCUT2D eigenvalue weighted by Gasteiger charge is -2.26. The van der Waals surface area contributed by atoms with E-state index in [0.29, 0.717) is 17.5 Å². The van der Waals surface area contributed by atoms with Gasteiger partial charge in [-0.15, -0.1) is 0 Å². The van der Waals surface area contributed by atoms with Gasteiger partial charge < -0.3 is 13.7 Å². The molecule has 8 aromatic carbocycles. The molecule has 0 unspecified atom stereocenters. The first-order chi connectivity index (χ1) is 28.2. The van der Waals surface area contributed by atoms with Gasteiger partial charge in [-0.25, -0.2) is 15.0 Å². The normalized spacial score (nSPS) is 11.5. The maximum absolute atomic E-state index is 6.56. The van der Waals surface area contributed by atoms with Crippen LogP contribution in [0.3, 0.4) is 0 Å². The number of nitrogens with zero attached hydrogens (tertiary/aromatic N) is 4. The predicted molar refractivity (Wildman–Crippen MR) is 231 cm³/mol. The third-order valence-electron chi connectivity index (χ3n) is 10.5. The van der Waals surface area contributed by atoms with Crippen LogP contribution in [0, 0.1) is 0 Å². The summed E-state index contributed by atoms with van der Waals surface area (Å²) in [4.78, 5) is 17.0. The number of hydrogen-bond donors (Lipinski definition) is 0. The zero-order chi connectivity index (χ0) is 37.7. The fraction of sp³-hybridized carbons (Fsp3) is 0. The summed E-state index contributed by atoms with van der Waals surface area (Å²) in [6.45, 7) is 0. The summed E-state index contributed by atoms with van der Waals surface area (Å²) in [5, 5.41) is 4.27. The number of furan rings is 2. The van der Waals surface area contributed by atoms with Gasteiger partial charge in [-0.05, 0) is 77.9 Å². The van der Waals surface area contributed by atoms with Gasteiger partial charge in [0, 0.05) is 44.2 Å². The number of hydrogen-bond acceptors (Lipinski definition) is 6. The predicted octanol–water partition coefficient (Wildman–Crippen LogP) is 13.8. The van der Waals surface area contributed by atoms with Crippen LogP contribution in [0.5, 0.6) is 0 Å². The average Bonchev–Trinajstić information content (AvgIpc) is 3.86. The van der Waals surface area contributed by atoms with E-state index in [1.807, 2.05) is 91.0 Å². The van der Waals surface area contributed by atoms with Crippen LogP contribution in [-0.4, -0.2) is 15.0 Å². The Morgan fingerprint density at radius 3 is 1.47 bits per heavy atom. The molecule has 0 N–H and O–H groups in total. The summed E-state index contributed by atoms with van der Waals surface area (Å²) in [6.07, 6.45) is 0. The van der Waals surface area contributed by atoms with E-state index >= 15 is 0 Å². The van der Waals surface area contributed by atoms with E-state index in [9.17, 15) is 0 Å². The van der Waals surface area contributed by atoms with Gasteiger partial charge in [0.2, 0.25) is 0 Å². The molecule has 0 aliphatic heterocycles. The van der Waals surface area contributed by atoms with Crippen molar-refractivity contribution in [2.75, 3.05) is 4.90 Å². The maximum Gasteiger partial charge on any atom is 0.164 e. The van der Waals surface area contributed by atoms with E-state index in [2.05, 4.69) is 108 Å². The molecule has 6 heteroatoms. The largest absolute Gasteiger partial charge is 0.456 e. The van der Waals surface area contributed by atoms with Crippen molar-refractivity contribution in [2.24, 2.45) is 0 Å². The van der Waals surface area contributed by atoms with E-state index in [1.54, 1.807) is 0 Å². The lowest BCUT2D eigenvalue weighted by Crippen LogP contribution is -2.10. The van der Waals surface area contributed by atoms with Crippen LogP contribution in [0.15, 0.2) is 203 Å². The quantitative estimate of drug-likeness (QED) is 0.162. The van der Waals surface area contributed by atoms with Crippen molar-refractivity contribution in [3.63, 3.8) is 0 Å². The highest BCUT2D eigenvalue weighted by atomic mass is 16.3. The van der Waals surface area contributed by atoms with Crippen molar-refractivity contribution in [3.8, 4) is 45.3 Å². The standard InChI is InChI=1S/C51H32N4O2/c1-4-13-34(14-5-1)49-52-50(35-15-6-2-7-16-35)54-51(53-49)37-26-30-41-40-29-25-36(31-46(40)57-47(41)32-37)33-23-27-39(28-24-33)55(38-17-8-3-9-18-38)43-20-12-22-45-48(43)42-19-10-11-21-44(42)56-45/h1-32H. The molecule has 57 heavy (non-hydrogen) atoms. The highest BCUT2D eigenvalue weighted by Crippen LogP contribution is 2.43. The van der Waals surface area contributed by atoms with Crippen LogP contribution >= 0.6 is 0 Å². The maximum atomic E-state index is 6.56. The van der Waals surface area contributed by atoms with Crippen LogP contribution in [0.2, 0.25) is 0 Å². The highest BCUT2D eigenvalue weighted by Gasteiger charge is 2.20. The molecular weight excluding hydrogens is 701 g/mol. The summed E-state index contributed by atoms with van der Waals surface area (Å²) in [5.41, 5.74) is 11.4. The van der Waals surface area contributed by atoms with E-state index < -0.39 is 0 Å². The van der Waals surface area contributed by atoms with Crippen LogP contribution in [0.1, 0.15) is 0 Å². The fourth-order valence-corrected chi connectivity index (χ4v) is 7.78. The SMILES string of the molecule is c1ccc(-c2nc(-c3ccccc3)nc(-c3ccc4c(c3)oc3cc(-c5ccc(N(c6ccccc6)c6cccc7oc8ccccc8c67)cc5)ccc34)n2)cc1. The van der Waals surface area contributed by atoms with Crippen molar-refractivity contribution in [3.05, 3.63) is 194 Å². The Morgan fingerprint density at radius 2 is 0.807 bits per heavy atom. The number of benzene rings is 8. The zero-order valence-electron chi connectivity index (χ0n) is 30.6. The highest BCUT2D eigenvalue weighted by molar-refractivity contribution is 6.13. The van der Waals surface area contributed by atoms with Gasteiger partial charge in [-0.2, -0.15) is 0 Å². The summed E-state index contributed by atoms with van der Waals surface area (Å²) in [7, 11) is 0. The number of para-hydroxylation sites is 2. The topological polar surface area (TPSA) is 68.2 Å². The molecule has 0 aliphatic carbocycles. The lowest BCUT2D eigenvalue weighted by molar-refractivity contribution is 0.668. The van der Waals surface area contributed by atoms with Crippen LogP contribution in [-0.2, 0) is 0 Å². The van der Waals surface area contributed by atoms with Crippen LogP contribution < -0.4 is 4.90 Å². The zero-order valence-corrected chi connectivity index (χ0v) is 30.6. The minimum atomic E-state index is 0.590. The smallest absolute Gasteiger partial charge is 0.164 e. The minimum Gasteiger partial charge on any atom is -0.456 e. The van der Waals surface area contributed by atoms with Crippen molar-refractivity contribution >= 4 is 60.9 Å². The molecule has 6 nitrogen and oxygen atoms in total. The molecule has 0 bridgehead atoms. The third-order valence-corrected chi connectivity index (χ3v) is 10.5. The van der Waals surface area contributed by atoms with Gasteiger partial charge in [-0.3, -0.25) is 0 Å². The number of anilines is 3. The molecule has 0 saturated carbocycles. The summed E-state index contributed by atoms with van der Waals surface area (Å²) < 4.78 is 12.8. The van der Waals surface area contributed by atoms with Crippen molar-refractivity contribution in [1.29, 1.82) is 0 Å². The Bertz CT molecular complexity index is 3170. The van der Waals surface area contributed by atoms with Gasteiger partial charge >= 0.3 is 0 Å². The summed E-state index contributed by atoms with van der Waals surface area (Å²) >= 11 is 0. The second kappa shape index (κ2) is 13.5. The molecule has 0 fully saturated rings. The van der Waals surface area contributed by atoms with Crippen LogP contribution in [0.25, 0.3) is 89.2 Å². The monoisotopic (exact) mass is 732 g/mol. The molecule has 11 rings (SSSR count).